The second kappa shape index (κ2) is 6.57. The average molecular weight is 312 g/mol. The van der Waals surface area contributed by atoms with Gasteiger partial charge >= 0.3 is 5.97 Å². The van der Waals surface area contributed by atoms with Gasteiger partial charge in [-0.2, -0.15) is 0 Å². The molecule has 0 amide bonds. The van der Waals surface area contributed by atoms with Crippen molar-refractivity contribution in [2.24, 2.45) is 0 Å². The second-order valence-electron chi connectivity index (χ2n) is 6.20. The van der Waals surface area contributed by atoms with E-state index in [0.717, 1.165) is 11.3 Å². The molecule has 2 aromatic carbocycles. The maximum Gasteiger partial charge on any atom is 0.336 e. The number of carboxylic acids is 1. The number of phenols is 1. The van der Waals surface area contributed by atoms with Crippen molar-refractivity contribution in [1.29, 1.82) is 0 Å². The molecule has 0 heterocycles. The van der Waals surface area contributed by atoms with Gasteiger partial charge in [0.2, 0.25) is 0 Å². The van der Waals surface area contributed by atoms with E-state index in [1.165, 1.54) is 12.1 Å². The van der Waals surface area contributed by atoms with E-state index in [1.54, 1.807) is 42.5 Å². The van der Waals surface area contributed by atoms with E-state index in [4.69, 9.17) is 4.74 Å². The first kappa shape index (κ1) is 16.6. The van der Waals surface area contributed by atoms with Crippen molar-refractivity contribution in [3.8, 4) is 11.5 Å². The van der Waals surface area contributed by atoms with Gasteiger partial charge in [0.05, 0.1) is 5.57 Å². The summed E-state index contributed by atoms with van der Waals surface area (Å²) in [6.07, 6.45) is 1.57. The van der Waals surface area contributed by atoms with Gasteiger partial charge in [-0.25, -0.2) is 4.79 Å². The molecule has 0 spiro atoms. The molecule has 2 rings (SSSR count). The Labute approximate surface area is 135 Å². The van der Waals surface area contributed by atoms with E-state index >= 15 is 0 Å². The molecule has 0 atom stereocenters. The maximum absolute atomic E-state index is 11.5. The first-order valence-corrected chi connectivity index (χ1v) is 7.28. The van der Waals surface area contributed by atoms with Gasteiger partial charge in [0.1, 0.15) is 17.1 Å². The van der Waals surface area contributed by atoms with Crippen molar-refractivity contribution in [2.45, 2.75) is 26.4 Å². The van der Waals surface area contributed by atoms with Crippen LogP contribution in [0.1, 0.15) is 31.9 Å². The number of carboxylic acid groups (broad SMARTS) is 1. The fourth-order valence-corrected chi connectivity index (χ4v) is 2.09. The van der Waals surface area contributed by atoms with Gasteiger partial charge in [-0.3, -0.25) is 0 Å². The lowest BCUT2D eigenvalue weighted by atomic mass is 10.0. The van der Waals surface area contributed by atoms with Crippen LogP contribution in [0.2, 0.25) is 0 Å². The van der Waals surface area contributed by atoms with Crippen molar-refractivity contribution in [3.05, 3.63) is 59.7 Å². The Balaban J connectivity index is 2.32. The smallest absolute Gasteiger partial charge is 0.336 e. The average Bonchev–Trinajstić information content (AvgIpc) is 2.44. The number of rotatable bonds is 4. The molecule has 0 unspecified atom stereocenters. The first-order chi connectivity index (χ1) is 10.7. The minimum atomic E-state index is -1.05. The highest BCUT2D eigenvalue weighted by atomic mass is 16.5. The van der Waals surface area contributed by atoms with Gasteiger partial charge in [0, 0.05) is 0 Å². The summed E-state index contributed by atoms with van der Waals surface area (Å²) in [5.41, 5.74) is 1.02. The molecule has 0 saturated heterocycles. The van der Waals surface area contributed by atoms with Gasteiger partial charge in [0.15, 0.2) is 0 Å². The lowest BCUT2D eigenvalue weighted by Crippen LogP contribution is -2.22. The van der Waals surface area contributed by atoms with Crippen LogP contribution >= 0.6 is 0 Å². The zero-order chi connectivity index (χ0) is 17.0. The Kier molecular flexibility index (Phi) is 4.74. The Morgan fingerprint density at radius 2 is 1.74 bits per heavy atom. The monoisotopic (exact) mass is 312 g/mol. The number of ether oxygens (including phenoxy) is 1. The predicted octanol–water partition coefficient (Wildman–Crippen LogP) is 4.19. The van der Waals surface area contributed by atoms with E-state index in [2.05, 4.69) is 0 Å². The minimum Gasteiger partial charge on any atom is -0.508 e. The summed E-state index contributed by atoms with van der Waals surface area (Å²) in [5.74, 6) is -0.293. The molecule has 0 aromatic heterocycles. The van der Waals surface area contributed by atoms with Gasteiger partial charge in [-0.15, -0.1) is 0 Å². The third-order valence-electron chi connectivity index (χ3n) is 3.00. The van der Waals surface area contributed by atoms with Gasteiger partial charge in [-0.05, 0) is 62.2 Å². The maximum atomic E-state index is 11.5. The zero-order valence-electron chi connectivity index (χ0n) is 13.4. The lowest BCUT2D eigenvalue weighted by molar-refractivity contribution is -0.130. The third kappa shape index (κ3) is 4.88. The molecular formula is C19H20O4. The summed E-state index contributed by atoms with van der Waals surface area (Å²) < 4.78 is 5.74. The van der Waals surface area contributed by atoms with E-state index < -0.39 is 5.97 Å². The summed E-state index contributed by atoms with van der Waals surface area (Å²) >= 11 is 0. The van der Waals surface area contributed by atoms with Crippen LogP contribution in [0.15, 0.2) is 48.5 Å². The number of hydrogen-bond donors (Lipinski definition) is 2. The summed E-state index contributed by atoms with van der Waals surface area (Å²) in [7, 11) is 0. The normalized spacial score (nSPS) is 12.0. The van der Waals surface area contributed by atoms with Crippen molar-refractivity contribution in [2.75, 3.05) is 0 Å². The number of aliphatic carboxylic acids is 1. The summed E-state index contributed by atoms with van der Waals surface area (Å²) in [6.45, 7) is 5.89. The summed E-state index contributed by atoms with van der Waals surface area (Å²) in [5, 5.41) is 18.9. The summed E-state index contributed by atoms with van der Waals surface area (Å²) in [4.78, 5) is 11.5. The lowest BCUT2D eigenvalue weighted by Gasteiger charge is -2.21. The van der Waals surface area contributed by atoms with Crippen molar-refractivity contribution >= 4 is 17.6 Å². The highest BCUT2D eigenvalue weighted by Gasteiger charge is 2.13. The number of benzene rings is 2. The first-order valence-electron chi connectivity index (χ1n) is 7.28. The highest BCUT2D eigenvalue weighted by Crippen LogP contribution is 2.24. The minimum absolute atomic E-state index is 0.0311. The molecule has 23 heavy (non-hydrogen) atoms. The molecule has 0 saturated carbocycles. The van der Waals surface area contributed by atoms with Gasteiger partial charge < -0.3 is 14.9 Å². The fourth-order valence-electron chi connectivity index (χ4n) is 2.09. The fraction of sp³-hybridized carbons (Fsp3) is 0.211. The van der Waals surface area contributed by atoms with Crippen LogP contribution < -0.4 is 4.74 Å². The molecule has 0 aliphatic rings. The van der Waals surface area contributed by atoms with Gasteiger partial charge in [-0.1, -0.05) is 24.3 Å². The van der Waals surface area contributed by atoms with E-state index in [9.17, 15) is 15.0 Å². The van der Waals surface area contributed by atoms with Crippen LogP contribution in [0.5, 0.6) is 11.5 Å². The topological polar surface area (TPSA) is 66.8 Å². The van der Waals surface area contributed by atoms with Crippen LogP contribution in [0, 0.1) is 0 Å². The number of hydrogen-bond acceptors (Lipinski definition) is 3. The molecule has 120 valence electrons. The molecule has 2 N–H and O–H groups in total. The molecule has 0 radical (unpaired) electrons. The number of aromatic hydroxyl groups is 1. The van der Waals surface area contributed by atoms with Gasteiger partial charge in [0.25, 0.3) is 0 Å². The second-order valence-corrected chi connectivity index (χ2v) is 6.20. The Morgan fingerprint density at radius 1 is 1.09 bits per heavy atom. The molecule has 2 aromatic rings. The molecule has 4 heteroatoms. The highest BCUT2D eigenvalue weighted by molar-refractivity contribution is 6.20. The van der Waals surface area contributed by atoms with Crippen LogP contribution in [-0.4, -0.2) is 21.8 Å². The summed E-state index contributed by atoms with van der Waals surface area (Å²) in [6, 6.07) is 13.4. The van der Waals surface area contributed by atoms with Crippen LogP contribution in [-0.2, 0) is 4.79 Å². The third-order valence-corrected chi connectivity index (χ3v) is 3.00. The molecule has 0 bridgehead atoms. The molecule has 0 aliphatic carbocycles. The quantitative estimate of drug-likeness (QED) is 0.656. The molecular weight excluding hydrogens is 292 g/mol. The van der Waals surface area contributed by atoms with Crippen LogP contribution in [0.25, 0.3) is 11.6 Å². The SMILES string of the molecule is CC(C)(C)Oc1ccc(/C=C(\C(=O)O)c2cccc(O)c2)cc1. The molecule has 0 aliphatic heterocycles. The van der Waals surface area contributed by atoms with Crippen molar-refractivity contribution < 1.29 is 19.7 Å². The largest absolute Gasteiger partial charge is 0.508 e. The Morgan fingerprint density at radius 3 is 2.26 bits per heavy atom. The molecule has 0 fully saturated rings. The zero-order valence-corrected chi connectivity index (χ0v) is 13.4. The van der Waals surface area contributed by atoms with Crippen molar-refractivity contribution in [3.63, 3.8) is 0 Å². The van der Waals surface area contributed by atoms with E-state index in [0.29, 0.717) is 5.56 Å². The number of carbonyl (C=O) groups is 1. The van der Waals surface area contributed by atoms with Crippen LogP contribution in [0.3, 0.4) is 0 Å². The Bertz CT molecular complexity index is 722. The van der Waals surface area contributed by atoms with Crippen LogP contribution in [0.4, 0.5) is 0 Å². The standard InChI is InChI=1S/C19H20O4/c1-19(2,3)23-16-9-7-13(8-10-16)11-17(18(21)22)14-5-4-6-15(20)12-14/h4-12,20H,1-3H3,(H,21,22)/b17-11-. The van der Waals surface area contributed by atoms with E-state index in [1.807, 2.05) is 20.8 Å². The Hall–Kier alpha value is -2.75. The van der Waals surface area contributed by atoms with E-state index in [-0.39, 0.29) is 16.9 Å². The van der Waals surface area contributed by atoms with Crippen molar-refractivity contribution in [1.82, 2.24) is 0 Å². The molecule has 4 nitrogen and oxygen atoms in total. The number of phenolic OH excluding ortho intramolecular Hbond substituents is 1. The predicted molar refractivity (Wildman–Crippen MR) is 90.4 cm³/mol.